The number of hydrogen-bond donors (Lipinski definition) is 0. The Bertz CT molecular complexity index is 635. The minimum Gasteiger partial charge on any atom is -0.345 e. The van der Waals surface area contributed by atoms with Crippen LogP contribution in [0.2, 0.25) is 0 Å². The predicted octanol–water partition coefficient (Wildman–Crippen LogP) is 2.87. The summed E-state index contributed by atoms with van der Waals surface area (Å²) < 4.78 is 2.34. The van der Waals surface area contributed by atoms with E-state index in [1.54, 1.807) is 0 Å². The highest BCUT2D eigenvalue weighted by Crippen LogP contribution is 2.43. The van der Waals surface area contributed by atoms with Gasteiger partial charge in [0.1, 0.15) is 0 Å². The van der Waals surface area contributed by atoms with Crippen LogP contribution < -0.4 is 0 Å². The van der Waals surface area contributed by atoms with E-state index >= 15 is 0 Å². The van der Waals surface area contributed by atoms with Gasteiger partial charge in [0, 0.05) is 36.6 Å². The lowest BCUT2D eigenvalue weighted by Crippen LogP contribution is -2.48. The molecule has 3 heterocycles. The third-order valence-corrected chi connectivity index (χ3v) is 5.42. The quantitative estimate of drug-likeness (QED) is 0.722. The normalized spacial score (nSPS) is 22.2. The smallest absolute Gasteiger partial charge is 0.0916 e. The van der Waals surface area contributed by atoms with Gasteiger partial charge < -0.3 is 4.57 Å². The summed E-state index contributed by atoms with van der Waals surface area (Å²) in [5.74, 6) is 0. The number of pyridine rings is 1. The third-order valence-electron chi connectivity index (χ3n) is 5.42. The second-order valence-electron chi connectivity index (χ2n) is 6.32. The molecule has 0 bridgehead atoms. The zero-order valence-electron chi connectivity index (χ0n) is 11.8. The fourth-order valence-electron chi connectivity index (χ4n) is 4.22. The van der Waals surface area contributed by atoms with Crippen LogP contribution in [0.3, 0.4) is 0 Å². The molecule has 1 fully saturated rings. The topological polar surface area (TPSA) is 21.1 Å². The molecular formula is C16H21N3. The number of hydrogen-bond acceptors (Lipinski definition) is 2. The van der Waals surface area contributed by atoms with Gasteiger partial charge >= 0.3 is 0 Å². The third kappa shape index (κ3) is 1.45. The fraction of sp³-hybridized carbons (Fsp3) is 0.562. The van der Waals surface area contributed by atoms with E-state index in [9.17, 15) is 0 Å². The molecule has 3 nitrogen and oxygen atoms in total. The van der Waals surface area contributed by atoms with Crippen LogP contribution in [0.15, 0.2) is 18.3 Å². The molecule has 1 aliphatic heterocycles. The van der Waals surface area contributed by atoms with Crippen molar-refractivity contribution in [2.75, 3.05) is 7.05 Å². The van der Waals surface area contributed by atoms with Gasteiger partial charge in [-0.3, -0.25) is 9.88 Å². The number of aromatic nitrogens is 2. The Kier molecular flexibility index (Phi) is 2.31. The fourth-order valence-corrected chi connectivity index (χ4v) is 4.22. The van der Waals surface area contributed by atoms with Crippen molar-refractivity contribution in [3.63, 3.8) is 0 Å². The first-order valence-corrected chi connectivity index (χ1v) is 7.34. The average molecular weight is 255 g/mol. The Morgan fingerprint density at radius 1 is 1.21 bits per heavy atom. The van der Waals surface area contributed by atoms with Crippen molar-refractivity contribution in [3.05, 3.63) is 29.6 Å². The van der Waals surface area contributed by atoms with Crippen LogP contribution in [0.1, 0.15) is 36.9 Å². The lowest BCUT2D eigenvalue weighted by Gasteiger charge is -2.43. The van der Waals surface area contributed by atoms with Crippen LogP contribution >= 0.6 is 0 Å². The van der Waals surface area contributed by atoms with E-state index in [0.29, 0.717) is 5.54 Å². The number of rotatable bonds is 0. The van der Waals surface area contributed by atoms with Crippen molar-refractivity contribution in [2.45, 2.75) is 44.2 Å². The highest BCUT2D eigenvalue weighted by molar-refractivity contribution is 5.81. The lowest BCUT2D eigenvalue weighted by molar-refractivity contribution is 0.0995. The molecule has 0 amide bonds. The van der Waals surface area contributed by atoms with Crippen LogP contribution in [-0.4, -0.2) is 27.0 Å². The summed E-state index contributed by atoms with van der Waals surface area (Å²) in [4.78, 5) is 7.25. The molecule has 1 spiro atoms. The van der Waals surface area contributed by atoms with Crippen LogP contribution in [0.5, 0.6) is 0 Å². The van der Waals surface area contributed by atoms with Crippen LogP contribution in [0, 0.1) is 0 Å². The van der Waals surface area contributed by atoms with E-state index < -0.39 is 0 Å². The standard InChI is InChI=1S/C16H21N3/c1-18-11-14-12(10-16(18)7-3-4-8-16)15-13(19(14)2)6-5-9-17-15/h5-6,9H,3-4,7-8,10-11H2,1-2H3. The molecule has 3 heteroatoms. The first-order valence-electron chi connectivity index (χ1n) is 7.34. The Balaban J connectivity index is 1.92. The van der Waals surface area contributed by atoms with Gasteiger partial charge in [-0.2, -0.15) is 0 Å². The highest BCUT2D eigenvalue weighted by Gasteiger charge is 2.42. The second kappa shape index (κ2) is 3.83. The van der Waals surface area contributed by atoms with Crippen LogP contribution in [0.4, 0.5) is 0 Å². The molecule has 0 unspecified atom stereocenters. The summed E-state index contributed by atoms with van der Waals surface area (Å²) in [6.45, 7) is 1.07. The van der Waals surface area contributed by atoms with Gasteiger partial charge in [-0.25, -0.2) is 0 Å². The van der Waals surface area contributed by atoms with Crippen molar-refractivity contribution >= 4 is 11.0 Å². The summed E-state index contributed by atoms with van der Waals surface area (Å²) in [7, 11) is 4.49. The van der Waals surface area contributed by atoms with Gasteiger partial charge in [0.15, 0.2) is 0 Å². The zero-order valence-corrected chi connectivity index (χ0v) is 11.8. The van der Waals surface area contributed by atoms with E-state index in [0.717, 1.165) is 6.54 Å². The zero-order chi connectivity index (χ0) is 13.0. The molecule has 2 aliphatic rings. The molecule has 1 aliphatic carbocycles. The summed E-state index contributed by atoms with van der Waals surface area (Å²) in [5.41, 5.74) is 5.92. The maximum atomic E-state index is 4.66. The molecule has 0 saturated heterocycles. The molecule has 4 rings (SSSR count). The van der Waals surface area contributed by atoms with Gasteiger partial charge in [0.25, 0.3) is 0 Å². The van der Waals surface area contributed by atoms with Crippen LogP contribution in [0.25, 0.3) is 11.0 Å². The van der Waals surface area contributed by atoms with Crippen molar-refractivity contribution in [1.29, 1.82) is 0 Å². The lowest BCUT2D eigenvalue weighted by atomic mass is 9.84. The average Bonchev–Trinajstić information content (AvgIpc) is 2.99. The number of fused-ring (bicyclic) bond motifs is 3. The molecule has 2 aromatic rings. The van der Waals surface area contributed by atoms with Gasteiger partial charge in [0.2, 0.25) is 0 Å². The molecule has 0 N–H and O–H groups in total. The maximum absolute atomic E-state index is 4.66. The van der Waals surface area contributed by atoms with E-state index in [-0.39, 0.29) is 0 Å². The Hall–Kier alpha value is -1.35. The minimum absolute atomic E-state index is 0.415. The second-order valence-corrected chi connectivity index (χ2v) is 6.32. The summed E-state index contributed by atoms with van der Waals surface area (Å²) in [6, 6.07) is 4.24. The summed E-state index contributed by atoms with van der Waals surface area (Å²) >= 11 is 0. The predicted molar refractivity (Wildman–Crippen MR) is 77.1 cm³/mol. The maximum Gasteiger partial charge on any atom is 0.0916 e. The molecule has 19 heavy (non-hydrogen) atoms. The SMILES string of the molecule is CN1Cc2c(c3ncccc3n2C)CC12CCCC2. The monoisotopic (exact) mass is 255 g/mol. The Morgan fingerprint density at radius 3 is 2.79 bits per heavy atom. The van der Waals surface area contributed by atoms with Gasteiger partial charge in [0.05, 0.1) is 11.0 Å². The van der Waals surface area contributed by atoms with Crippen molar-refractivity contribution in [3.8, 4) is 0 Å². The Labute approximate surface area is 114 Å². The van der Waals surface area contributed by atoms with Crippen molar-refractivity contribution in [2.24, 2.45) is 7.05 Å². The number of likely N-dealkylation sites (N-methyl/N-ethyl adjacent to an activating group) is 1. The van der Waals surface area contributed by atoms with E-state index in [1.165, 1.54) is 54.4 Å². The van der Waals surface area contributed by atoms with Gasteiger partial charge in [-0.05, 0) is 38.4 Å². The molecule has 0 aromatic carbocycles. The Morgan fingerprint density at radius 2 is 2.00 bits per heavy atom. The number of nitrogens with zero attached hydrogens (tertiary/aromatic N) is 3. The molecule has 0 atom stereocenters. The van der Waals surface area contributed by atoms with Crippen molar-refractivity contribution in [1.82, 2.24) is 14.5 Å². The van der Waals surface area contributed by atoms with Crippen LogP contribution in [-0.2, 0) is 20.0 Å². The van der Waals surface area contributed by atoms with E-state index in [1.807, 2.05) is 12.3 Å². The molecule has 1 saturated carbocycles. The van der Waals surface area contributed by atoms with Crippen molar-refractivity contribution < 1.29 is 0 Å². The summed E-state index contributed by atoms with van der Waals surface area (Å²) in [5, 5.41) is 0. The van der Waals surface area contributed by atoms with Gasteiger partial charge in [-0.1, -0.05) is 12.8 Å². The highest BCUT2D eigenvalue weighted by atomic mass is 15.2. The van der Waals surface area contributed by atoms with Gasteiger partial charge in [-0.15, -0.1) is 0 Å². The molecule has 2 aromatic heterocycles. The minimum atomic E-state index is 0.415. The largest absolute Gasteiger partial charge is 0.345 e. The molecule has 100 valence electrons. The van der Waals surface area contributed by atoms with E-state index in [4.69, 9.17) is 0 Å². The summed E-state index contributed by atoms with van der Waals surface area (Å²) in [6.07, 6.45) is 8.60. The number of aryl methyl sites for hydroxylation is 1. The molecular weight excluding hydrogens is 234 g/mol. The molecule has 0 radical (unpaired) electrons. The van der Waals surface area contributed by atoms with E-state index in [2.05, 4.69) is 34.6 Å². The first kappa shape index (κ1) is 11.5. The first-order chi connectivity index (χ1) is 9.21.